The molecule has 0 spiro atoms. The normalized spacial score (nSPS) is 14.5. The number of nitrogens with zero attached hydrogens (tertiary/aromatic N) is 1. The van der Waals surface area contributed by atoms with Gasteiger partial charge in [-0.15, -0.1) is 0 Å². The van der Waals surface area contributed by atoms with E-state index in [-0.39, 0.29) is 11.3 Å². The highest BCUT2D eigenvalue weighted by Gasteiger charge is 2.27. The summed E-state index contributed by atoms with van der Waals surface area (Å²) < 4.78 is 0. The van der Waals surface area contributed by atoms with Gasteiger partial charge < -0.3 is 9.90 Å². The minimum Gasteiger partial charge on any atom is -0.386 e. The van der Waals surface area contributed by atoms with Crippen molar-refractivity contribution in [3.63, 3.8) is 0 Å². The van der Waals surface area contributed by atoms with Crippen LogP contribution in [0.3, 0.4) is 0 Å². The molecule has 0 aromatic carbocycles. The maximum atomic E-state index is 11.1. The van der Waals surface area contributed by atoms with Crippen LogP contribution in [0.15, 0.2) is 36.5 Å². The third-order valence-electron chi connectivity index (χ3n) is 3.92. The maximum Gasteiger partial charge on any atom is 0.242 e. The van der Waals surface area contributed by atoms with Crippen LogP contribution in [-0.4, -0.2) is 28.5 Å². The highest BCUT2D eigenvalue weighted by molar-refractivity contribution is 5.48. The molecule has 0 radical (unpaired) electrons. The van der Waals surface area contributed by atoms with Gasteiger partial charge in [0, 0.05) is 17.8 Å². The number of allylic oxidation sites excluding steroid dienone is 4. The summed E-state index contributed by atoms with van der Waals surface area (Å²) in [6.07, 6.45) is 19.5. The van der Waals surface area contributed by atoms with E-state index in [1.165, 1.54) is 0 Å². The number of aliphatic hydroxyl groups is 1. The molecule has 2 unspecified atom stereocenters. The molecule has 0 amide bonds. The summed E-state index contributed by atoms with van der Waals surface area (Å²) in [5.74, 6) is 0. The molecule has 5 nitrogen and oxygen atoms in total. The van der Waals surface area contributed by atoms with E-state index in [9.17, 15) is 20.0 Å². The number of aliphatic hydroxyl groups excluding tert-OH is 1. The molecule has 0 aliphatic carbocycles. The lowest BCUT2D eigenvalue weighted by Crippen LogP contribution is -2.32. The molecule has 0 aliphatic rings. The van der Waals surface area contributed by atoms with Crippen LogP contribution in [0.4, 0.5) is 0 Å². The van der Waals surface area contributed by atoms with Gasteiger partial charge in [-0.1, -0.05) is 56.2 Å². The molecule has 25 heavy (non-hydrogen) atoms. The second kappa shape index (κ2) is 17.1. The van der Waals surface area contributed by atoms with E-state index in [1.54, 1.807) is 6.08 Å². The number of aldehydes is 1. The van der Waals surface area contributed by atoms with Gasteiger partial charge in [0.2, 0.25) is 6.04 Å². The van der Waals surface area contributed by atoms with Crippen molar-refractivity contribution in [3.05, 3.63) is 46.6 Å². The summed E-state index contributed by atoms with van der Waals surface area (Å²) in [5, 5.41) is 21.2. The number of nitro groups is 1. The minimum atomic E-state index is -0.964. The number of unbranched alkanes of at least 4 members (excludes halogenated alkanes) is 5. The van der Waals surface area contributed by atoms with Crippen molar-refractivity contribution in [2.75, 3.05) is 0 Å². The Balaban J connectivity index is 4.02. The molecular formula is C20H33NO4. The first-order chi connectivity index (χ1) is 12.1. The summed E-state index contributed by atoms with van der Waals surface area (Å²) in [4.78, 5) is 20.9. The molecule has 2 atom stereocenters. The van der Waals surface area contributed by atoms with Gasteiger partial charge in [-0.05, 0) is 38.5 Å². The van der Waals surface area contributed by atoms with Crippen molar-refractivity contribution in [2.45, 2.75) is 83.3 Å². The van der Waals surface area contributed by atoms with Crippen molar-refractivity contribution in [2.24, 2.45) is 0 Å². The molecule has 0 rings (SSSR count). The summed E-state index contributed by atoms with van der Waals surface area (Å²) >= 11 is 0. The Hall–Kier alpha value is -1.75. The predicted molar refractivity (Wildman–Crippen MR) is 102 cm³/mol. The Kier molecular flexibility index (Phi) is 15.9. The standard InChI is InChI=1S/C20H33NO4/c1-2-3-4-5-11-14-17-20(23)19(21(24)25)16-13-10-8-6-7-9-12-15-18-22/h3-4,10-11,13-14,18-20,23H,2,5-9,12,15-17H2,1H3/b4-3-,13-10-,14-11-. The third kappa shape index (κ3) is 14.3. The highest BCUT2D eigenvalue weighted by atomic mass is 16.6. The van der Waals surface area contributed by atoms with Crippen LogP contribution in [0, 0.1) is 10.1 Å². The molecule has 0 aliphatic heterocycles. The Morgan fingerprint density at radius 2 is 1.56 bits per heavy atom. The molecule has 0 aromatic heterocycles. The molecule has 0 aromatic rings. The van der Waals surface area contributed by atoms with Crippen LogP contribution in [0.1, 0.15) is 71.1 Å². The van der Waals surface area contributed by atoms with Crippen LogP contribution in [0.25, 0.3) is 0 Å². The predicted octanol–water partition coefficient (Wildman–Crippen LogP) is 4.78. The van der Waals surface area contributed by atoms with Gasteiger partial charge in [0.25, 0.3) is 0 Å². The first-order valence-corrected chi connectivity index (χ1v) is 9.33. The monoisotopic (exact) mass is 351 g/mol. The lowest BCUT2D eigenvalue weighted by Gasteiger charge is -2.12. The Morgan fingerprint density at radius 1 is 0.920 bits per heavy atom. The number of rotatable bonds is 16. The second-order valence-electron chi connectivity index (χ2n) is 6.11. The van der Waals surface area contributed by atoms with Crippen molar-refractivity contribution in [3.8, 4) is 0 Å². The first kappa shape index (κ1) is 23.2. The molecule has 0 fully saturated rings. The SMILES string of the molecule is CC/C=C\C/C=C\CC(O)C(C/C=C\CCCCCCC=O)[N+](=O)[O-]. The van der Waals surface area contributed by atoms with E-state index in [2.05, 4.69) is 13.0 Å². The fraction of sp³-hybridized carbons (Fsp3) is 0.650. The van der Waals surface area contributed by atoms with Gasteiger partial charge in [-0.3, -0.25) is 10.1 Å². The van der Waals surface area contributed by atoms with Crippen molar-refractivity contribution in [1.82, 2.24) is 0 Å². The Bertz CT molecular complexity index is 429. The summed E-state index contributed by atoms with van der Waals surface area (Å²) in [6.45, 7) is 2.06. The summed E-state index contributed by atoms with van der Waals surface area (Å²) in [5.41, 5.74) is 0. The van der Waals surface area contributed by atoms with Gasteiger partial charge in [0.15, 0.2) is 0 Å². The quantitative estimate of drug-likeness (QED) is 0.143. The molecule has 0 heterocycles. The molecule has 142 valence electrons. The molecule has 0 saturated carbocycles. The molecule has 0 bridgehead atoms. The number of hydrogen-bond acceptors (Lipinski definition) is 4. The fourth-order valence-corrected chi connectivity index (χ4v) is 2.41. The third-order valence-corrected chi connectivity index (χ3v) is 3.92. The zero-order valence-corrected chi connectivity index (χ0v) is 15.4. The summed E-state index contributed by atoms with van der Waals surface area (Å²) in [6, 6.07) is -0.959. The lowest BCUT2D eigenvalue weighted by molar-refractivity contribution is -0.533. The lowest BCUT2D eigenvalue weighted by atomic mass is 10.0. The smallest absolute Gasteiger partial charge is 0.242 e. The Morgan fingerprint density at radius 3 is 2.20 bits per heavy atom. The topological polar surface area (TPSA) is 80.4 Å². The van der Waals surface area contributed by atoms with Gasteiger partial charge in [0.1, 0.15) is 12.4 Å². The van der Waals surface area contributed by atoms with Crippen LogP contribution in [0.5, 0.6) is 0 Å². The van der Waals surface area contributed by atoms with E-state index in [0.717, 1.165) is 51.2 Å². The average Bonchev–Trinajstić information content (AvgIpc) is 2.59. The van der Waals surface area contributed by atoms with Crippen molar-refractivity contribution in [1.29, 1.82) is 0 Å². The average molecular weight is 351 g/mol. The molecule has 0 saturated heterocycles. The number of carbonyl (C=O) groups excluding carboxylic acids is 1. The van der Waals surface area contributed by atoms with Crippen LogP contribution in [0.2, 0.25) is 0 Å². The number of hydrogen-bond donors (Lipinski definition) is 1. The van der Waals surface area contributed by atoms with Crippen molar-refractivity contribution < 1.29 is 14.8 Å². The van der Waals surface area contributed by atoms with Crippen molar-refractivity contribution >= 4 is 6.29 Å². The van der Waals surface area contributed by atoms with Gasteiger partial charge in [0.05, 0.1) is 0 Å². The van der Waals surface area contributed by atoms with Gasteiger partial charge >= 0.3 is 0 Å². The molecule has 1 N–H and O–H groups in total. The first-order valence-electron chi connectivity index (χ1n) is 9.33. The van der Waals surface area contributed by atoms with Gasteiger partial charge in [-0.25, -0.2) is 0 Å². The highest BCUT2D eigenvalue weighted by Crippen LogP contribution is 2.11. The molecular weight excluding hydrogens is 318 g/mol. The summed E-state index contributed by atoms with van der Waals surface area (Å²) in [7, 11) is 0. The number of carbonyl (C=O) groups is 1. The second-order valence-corrected chi connectivity index (χ2v) is 6.11. The van der Waals surface area contributed by atoms with Gasteiger partial charge in [-0.2, -0.15) is 0 Å². The minimum absolute atomic E-state index is 0.253. The zero-order valence-electron chi connectivity index (χ0n) is 15.4. The van der Waals surface area contributed by atoms with E-state index < -0.39 is 12.1 Å². The largest absolute Gasteiger partial charge is 0.386 e. The van der Waals surface area contributed by atoms with E-state index in [4.69, 9.17) is 0 Å². The zero-order chi connectivity index (χ0) is 18.8. The van der Waals surface area contributed by atoms with Crippen LogP contribution >= 0.6 is 0 Å². The molecule has 5 heteroatoms. The van der Waals surface area contributed by atoms with E-state index >= 15 is 0 Å². The fourth-order valence-electron chi connectivity index (χ4n) is 2.41. The van der Waals surface area contributed by atoms with E-state index in [0.29, 0.717) is 12.8 Å². The Labute approximate surface area is 151 Å². The van der Waals surface area contributed by atoms with Crippen LogP contribution in [-0.2, 0) is 4.79 Å². The maximum absolute atomic E-state index is 11.1. The van der Waals surface area contributed by atoms with Crippen LogP contribution < -0.4 is 0 Å². The van der Waals surface area contributed by atoms with E-state index in [1.807, 2.05) is 24.3 Å².